The van der Waals surface area contributed by atoms with Gasteiger partial charge in [-0.25, -0.2) is 0 Å². The van der Waals surface area contributed by atoms with Crippen LogP contribution >= 0.6 is 23.2 Å². The Morgan fingerprint density at radius 2 is 2.16 bits per heavy atom. The fraction of sp³-hybridized carbons (Fsp3) is 0.231. The maximum Gasteiger partial charge on any atom is 0.263 e. The largest absolute Gasteiger partial charge is 0.359 e. The second-order valence-corrected chi connectivity index (χ2v) is 4.38. The van der Waals surface area contributed by atoms with Crippen LogP contribution in [0.15, 0.2) is 36.0 Å². The summed E-state index contributed by atoms with van der Waals surface area (Å²) in [6.45, 7) is 0.438. The molecule has 1 rings (SSSR count). The molecule has 0 atom stereocenters. The van der Waals surface area contributed by atoms with Crippen LogP contribution in [0.25, 0.3) is 0 Å². The zero-order chi connectivity index (χ0) is 14.1. The lowest BCUT2D eigenvalue weighted by atomic mass is 10.2. The first-order chi connectivity index (χ1) is 9.19. The number of amides is 1. The predicted molar refractivity (Wildman–Crippen MR) is 77.1 cm³/mol. The summed E-state index contributed by atoms with van der Waals surface area (Å²) in [4.78, 5) is 11.6. The number of carbonyl (C=O) groups excluding carboxylic acids is 1. The van der Waals surface area contributed by atoms with Crippen molar-refractivity contribution >= 4 is 34.8 Å². The molecule has 0 spiro atoms. The Kier molecular flexibility index (Phi) is 6.80. The molecule has 4 nitrogen and oxygen atoms in total. The Bertz CT molecular complexity index is 509. The quantitative estimate of drug-likeness (QED) is 0.367. The molecule has 0 aromatic heterocycles. The molecule has 0 aliphatic heterocycles. The van der Waals surface area contributed by atoms with E-state index in [9.17, 15) is 4.79 Å². The van der Waals surface area contributed by atoms with Crippen molar-refractivity contribution < 1.29 is 4.79 Å². The summed E-state index contributed by atoms with van der Waals surface area (Å²) >= 11 is 11.4. The van der Waals surface area contributed by atoms with E-state index in [0.717, 1.165) is 0 Å². The number of para-hydroxylation sites is 1. The number of carbonyl (C=O) groups is 1. The molecule has 1 aromatic rings. The van der Waals surface area contributed by atoms with Crippen LogP contribution in [0.4, 0.5) is 5.69 Å². The van der Waals surface area contributed by atoms with Gasteiger partial charge in [0.2, 0.25) is 0 Å². The van der Waals surface area contributed by atoms with E-state index in [2.05, 4.69) is 10.6 Å². The van der Waals surface area contributed by atoms with Crippen LogP contribution in [-0.4, -0.2) is 18.3 Å². The summed E-state index contributed by atoms with van der Waals surface area (Å²) in [6, 6.07) is 8.88. The molecule has 0 radical (unpaired) electrons. The highest BCUT2D eigenvalue weighted by molar-refractivity contribution is 6.33. The molecule has 0 bridgehead atoms. The normalized spacial score (nSPS) is 10.7. The standard InChI is InChI=1S/C13H13Cl2N3O/c14-6-3-7-17-13(19)10(8-16)9-18-12-5-2-1-4-11(12)15/h1-2,4-5,9,18H,3,6-7H2,(H,17,19)/b10-9-. The molecule has 0 fully saturated rings. The van der Waals surface area contributed by atoms with Gasteiger partial charge < -0.3 is 10.6 Å². The topological polar surface area (TPSA) is 64.9 Å². The molecule has 19 heavy (non-hydrogen) atoms. The van der Waals surface area contributed by atoms with Gasteiger partial charge in [-0.05, 0) is 18.6 Å². The first kappa shape index (κ1) is 15.4. The predicted octanol–water partition coefficient (Wildman–Crippen LogP) is 2.90. The van der Waals surface area contributed by atoms with Crippen molar-refractivity contribution in [3.05, 3.63) is 41.1 Å². The number of hydrogen-bond acceptors (Lipinski definition) is 3. The molecule has 0 aliphatic rings. The van der Waals surface area contributed by atoms with Gasteiger partial charge in [0.15, 0.2) is 0 Å². The van der Waals surface area contributed by atoms with E-state index in [4.69, 9.17) is 28.5 Å². The zero-order valence-electron chi connectivity index (χ0n) is 10.1. The monoisotopic (exact) mass is 297 g/mol. The molecule has 6 heteroatoms. The Morgan fingerprint density at radius 1 is 1.42 bits per heavy atom. The molecule has 1 aromatic carbocycles. The molecule has 0 heterocycles. The molecule has 0 saturated heterocycles. The minimum Gasteiger partial charge on any atom is -0.359 e. The van der Waals surface area contributed by atoms with Crippen LogP contribution in [0.2, 0.25) is 5.02 Å². The fourth-order valence-corrected chi connectivity index (χ4v) is 1.56. The van der Waals surface area contributed by atoms with Crippen LogP contribution in [0.3, 0.4) is 0 Å². The second-order valence-electron chi connectivity index (χ2n) is 3.59. The van der Waals surface area contributed by atoms with Gasteiger partial charge in [-0.3, -0.25) is 4.79 Å². The third kappa shape index (κ3) is 5.21. The fourth-order valence-electron chi connectivity index (χ4n) is 1.24. The zero-order valence-corrected chi connectivity index (χ0v) is 11.6. The van der Waals surface area contributed by atoms with Crippen LogP contribution in [-0.2, 0) is 4.79 Å². The lowest BCUT2D eigenvalue weighted by Crippen LogP contribution is -2.26. The molecule has 0 aliphatic carbocycles. The van der Waals surface area contributed by atoms with Crippen molar-refractivity contribution in [3.63, 3.8) is 0 Å². The maximum atomic E-state index is 11.6. The van der Waals surface area contributed by atoms with Crippen molar-refractivity contribution in [3.8, 4) is 6.07 Å². The highest BCUT2D eigenvalue weighted by Crippen LogP contribution is 2.20. The lowest BCUT2D eigenvalue weighted by Gasteiger charge is -2.05. The molecular formula is C13H13Cl2N3O. The van der Waals surface area contributed by atoms with E-state index in [1.165, 1.54) is 6.20 Å². The summed E-state index contributed by atoms with van der Waals surface area (Å²) in [5.41, 5.74) is 0.611. The average molecular weight is 298 g/mol. The first-order valence-corrected chi connectivity index (χ1v) is 6.55. The summed E-state index contributed by atoms with van der Waals surface area (Å²) in [5.74, 6) is 0.0243. The van der Waals surface area contributed by atoms with Crippen molar-refractivity contribution in [1.29, 1.82) is 5.26 Å². The van der Waals surface area contributed by atoms with E-state index in [-0.39, 0.29) is 5.57 Å². The summed E-state index contributed by atoms with van der Waals surface area (Å²) < 4.78 is 0. The number of nitrogens with one attached hydrogen (secondary N) is 2. The first-order valence-electron chi connectivity index (χ1n) is 5.64. The minimum atomic E-state index is -0.438. The molecule has 2 N–H and O–H groups in total. The second kappa shape index (κ2) is 8.41. The smallest absolute Gasteiger partial charge is 0.263 e. The number of nitrogens with zero attached hydrogens (tertiary/aromatic N) is 1. The third-order valence-electron chi connectivity index (χ3n) is 2.21. The molecule has 100 valence electrons. The summed E-state index contributed by atoms with van der Waals surface area (Å²) in [7, 11) is 0. The number of alkyl halides is 1. The molecule has 0 saturated carbocycles. The average Bonchev–Trinajstić information content (AvgIpc) is 2.41. The van der Waals surface area contributed by atoms with Gasteiger partial charge in [0.25, 0.3) is 5.91 Å². The molecule has 1 amide bonds. The Morgan fingerprint density at radius 3 is 2.79 bits per heavy atom. The Hall–Kier alpha value is -1.70. The number of anilines is 1. The van der Waals surface area contributed by atoms with E-state index in [0.29, 0.717) is 29.6 Å². The van der Waals surface area contributed by atoms with Gasteiger partial charge in [0.05, 0.1) is 10.7 Å². The van der Waals surface area contributed by atoms with Gasteiger partial charge in [-0.15, -0.1) is 11.6 Å². The molecular weight excluding hydrogens is 285 g/mol. The van der Waals surface area contributed by atoms with Crippen molar-refractivity contribution in [1.82, 2.24) is 5.32 Å². The van der Waals surface area contributed by atoms with Gasteiger partial charge in [-0.1, -0.05) is 23.7 Å². The molecule has 0 unspecified atom stereocenters. The van der Waals surface area contributed by atoms with Gasteiger partial charge in [0, 0.05) is 18.6 Å². The Balaban J connectivity index is 2.65. The SMILES string of the molecule is N#C/C(=C/Nc1ccccc1Cl)C(=O)NCCCCl. The van der Waals surface area contributed by atoms with Crippen molar-refractivity contribution in [2.45, 2.75) is 6.42 Å². The minimum absolute atomic E-state index is 0.0190. The lowest BCUT2D eigenvalue weighted by molar-refractivity contribution is -0.117. The Labute approximate surface area is 122 Å². The van der Waals surface area contributed by atoms with E-state index in [1.807, 2.05) is 6.07 Å². The highest BCUT2D eigenvalue weighted by Gasteiger charge is 2.07. The van der Waals surface area contributed by atoms with Crippen LogP contribution in [0.5, 0.6) is 0 Å². The van der Waals surface area contributed by atoms with Crippen LogP contribution in [0.1, 0.15) is 6.42 Å². The van der Waals surface area contributed by atoms with Gasteiger partial charge in [-0.2, -0.15) is 5.26 Å². The van der Waals surface area contributed by atoms with Crippen LogP contribution < -0.4 is 10.6 Å². The van der Waals surface area contributed by atoms with Gasteiger partial charge in [0.1, 0.15) is 11.6 Å². The number of rotatable bonds is 6. The number of hydrogen-bond donors (Lipinski definition) is 2. The van der Waals surface area contributed by atoms with E-state index in [1.54, 1.807) is 24.3 Å². The third-order valence-corrected chi connectivity index (χ3v) is 2.80. The summed E-state index contributed by atoms with van der Waals surface area (Å²) in [5, 5.41) is 14.9. The van der Waals surface area contributed by atoms with E-state index < -0.39 is 5.91 Å². The van der Waals surface area contributed by atoms with Crippen molar-refractivity contribution in [2.75, 3.05) is 17.7 Å². The highest BCUT2D eigenvalue weighted by atomic mass is 35.5. The van der Waals surface area contributed by atoms with Crippen LogP contribution in [0, 0.1) is 11.3 Å². The number of halogens is 2. The summed E-state index contributed by atoms with van der Waals surface area (Å²) in [6.07, 6.45) is 1.99. The van der Waals surface area contributed by atoms with Crippen molar-refractivity contribution in [2.24, 2.45) is 0 Å². The maximum absolute atomic E-state index is 11.6. The van der Waals surface area contributed by atoms with Gasteiger partial charge >= 0.3 is 0 Å². The van der Waals surface area contributed by atoms with E-state index >= 15 is 0 Å². The number of benzene rings is 1. The number of nitriles is 1.